The van der Waals surface area contributed by atoms with Crippen molar-refractivity contribution in [1.82, 2.24) is 4.98 Å². The molecule has 1 saturated heterocycles. The Hall–Kier alpha value is -1.13. The highest BCUT2D eigenvalue weighted by Crippen LogP contribution is 2.35. The minimum absolute atomic E-state index is 0.138. The molecule has 0 unspecified atom stereocenters. The smallest absolute Gasteiger partial charge is 0.320 e. The first-order chi connectivity index (χ1) is 6.67. The van der Waals surface area contributed by atoms with Crippen molar-refractivity contribution in [2.45, 2.75) is 5.41 Å². The third kappa shape index (κ3) is 1.19. The molecule has 0 aromatic carbocycles. The lowest BCUT2D eigenvalue weighted by Crippen LogP contribution is -2.53. The molecule has 0 spiro atoms. The lowest BCUT2D eigenvalue weighted by Gasteiger charge is -2.36. The van der Waals surface area contributed by atoms with E-state index in [1.807, 2.05) is 0 Å². The zero-order chi connectivity index (χ0) is 10.2. The Morgan fingerprint density at radius 2 is 2.36 bits per heavy atom. The third-order valence-electron chi connectivity index (χ3n) is 2.32. The fraction of sp³-hybridized carbons (Fsp3) is 0.333. The Balaban J connectivity index is 2.47. The lowest BCUT2D eigenvalue weighted by molar-refractivity contribution is -0.163. The molecule has 0 aliphatic carbocycles. The van der Waals surface area contributed by atoms with Crippen molar-refractivity contribution in [3.8, 4) is 0 Å². The molecular weight excluding hydrogens is 206 g/mol. The van der Waals surface area contributed by atoms with Crippen LogP contribution in [0.1, 0.15) is 5.69 Å². The highest BCUT2D eigenvalue weighted by molar-refractivity contribution is 6.31. The van der Waals surface area contributed by atoms with Gasteiger partial charge in [-0.2, -0.15) is 0 Å². The highest BCUT2D eigenvalue weighted by Gasteiger charge is 2.50. The number of nitrogens with zero attached hydrogens (tertiary/aromatic N) is 1. The van der Waals surface area contributed by atoms with Gasteiger partial charge in [0, 0.05) is 6.20 Å². The van der Waals surface area contributed by atoms with Gasteiger partial charge in [-0.25, -0.2) is 0 Å². The molecule has 0 atom stereocenters. The number of aromatic nitrogens is 1. The molecule has 5 heteroatoms. The minimum atomic E-state index is -1.04. The molecule has 1 fully saturated rings. The summed E-state index contributed by atoms with van der Waals surface area (Å²) in [6.07, 6.45) is 1.53. The van der Waals surface area contributed by atoms with Crippen molar-refractivity contribution < 1.29 is 14.6 Å². The number of hydrogen-bond acceptors (Lipinski definition) is 3. The number of ether oxygens (including phenoxy) is 1. The first-order valence-electron chi connectivity index (χ1n) is 4.09. The molecule has 2 heterocycles. The summed E-state index contributed by atoms with van der Waals surface area (Å²) < 4.78 is 4.93. The molecular formula is C9H8ClNO3. The molecule has 14 heavy (non-hydrogen) atoms. The van der Waals surface area contributed by atoms with E-state index < -0.39 is 11.4 Å². The predicted molar refractivity (Wildman–Crippen MR) is 49.4 cm³/mol. The molecule has 2 rings (SSSR count). The summed E-state index contributed by atoms with van der Waals surface area (Å²) in [6.45, 7) is 0.276. The first-order valence-corrected chi connectivity index (χ1v) is 4.47. The number of aliphatic carboxylic acids is 1. The maximum atomic E-state index is 11.1. The van der Waals surface area contributed by atoms with E-state index in [2.05, 4.69) is 4.98 Å². The predicted octanol–water partition coefficient (Wildman–Crippen LogP) is 1.09. The van der Waals surface area contributed by atoms with Crippen LogP contribution in [0.2, 0.25) is 5.02 Å². The molecule has 1 aliphatic rings. The van der Waals surface area contributed by atoms with Crippen LogP contribution < -0.4 is 0 Å². The molecule has 4 nitrogen and oxygen atoms in total. The average molecular weight is 214 g/mol. The largest absolute Gasteiger partial charge is 0.480 e. The zero-order valence-corrected chi connectivity index (χ0v) is 7.99. The van der Waals surface area contributed by atoms with E-state index >= 15 is 0 Å². The van der Waals surface area contributed by atoms with E-state index in [1.165, 1.54) is 6.20 Å². The van der Waals surface area contributed by atoms with Crippen molar-refractivity contribution in [2.24, 2.45) is 0 Å². The van der Waals surface area contributed by atoms with Gasteiger partial charge < -0.3 is 9.84 Å². The molecule has 0 amide bonds. The van der Waals surface area contributed by atoms with Crippen LogP contribution in [0.4, 0.5) is 0 Å². The van der Waals surface area contributed by atoms with Gasteiger partial charge in [0.2, 0.25) is 0 Å². The number of carboxylic acids is 1. The Kier molecular flexibility index (Phi) is 2.17. The average Bonchev–Trinajstić information content (AvgIpc) is 2.05. The number of carboxylic acid groups (broad SMARTS) is 1. The molecule has 1 aromatic rings. The van der Waals surface area contributed by atoms with Crippen molar-refractivity contribution in [3.05, 3.63) is 29.0 Å². The fourth-order valence-electron chi connectivity index (χ4n) is 1.41. The normalized spacial score (nSPS) is 18.6. The summed E-state index contributed by atoms with van der Waals surface area (Å²) in [6, 6.07) is 3.30. The number of hydrogen-bond donors (Lipinski definition) is 1. The van der Waals surface area contributed by atoms with Crippen LogP contribution in [-0.2, 0) is 14.9 Å². The molecule has 0 saturated carbocycles. The zero-order valence-electron chi connectivity index (χ0n) is 7.24. The molecule has 0 bridgehead atoms. The van der Waals surface area contributed by atoms with Crippen molar-refractivity contribution in [3.63, 3.8) is 0 Å². The van der Waals surface area contributed by atoms with Crippen LogP contribution in [0.3, 0.4) is 0 Å². The van der Waals surface area contributed by atoms with E-state index in [0.717, 1.165) is 0 Å². The van der Waals surface area contributed by atoms with E-state index in [1.54, 1.807) is 12.1 Å². The van der Waals surface area contributed by atoms with Crippen LogP contribution in [-0.4, -0.2) is 29.3 Å². The summed E-state index contributed by atoms with van der Waals surface area (Å²) >= 11 is 5.88. The summed E-state index contributed by atoms with van der Waals surface area (Å²) in [5.41, 5.74) is -0.654. The summed E-state index contributed by atoms with van der Waals surface area (Å²) in [4.78, 5) is 15.1. The molecule has 0 radical (unpaired) electrons. The van der Waals surface area contributed by atoms with Gasteiger partial charge in [-0.15, -0.1) is 0 Å². The van der Waals surface area contributed by atoms with E-state index in [4.69, 9.17) is 21.4 Å². The van der Waals surface area contributed by atoms with Crippen LogP contribution in [0.15, 0.2) is 18.3 Å². The number of rotatable bonds is 2. The monoisotopic (exact) mass is 213 g/mol. The van der Waals surface area contributed by atoms with Gasteiger partial charge in [0.15, 0.2) is 5.41 Å². The first kappa shape index (κ1) is 9.43. The minimum Gasteiger partial charge on any atom is -0.480 e. The van der Waals surface area contributed by atoms with Crippen LogP contribution in [0.25, 0.3) is 0 Å². The van der Waals surface area contributed by atoms with Crippen LogP contribution in [0, 0.1) is 0 Å². The van der Waals surface area contributed by atoms with Gasteiger partial charge in [-0.1, -0.05) is 11.6 Å². The molecule has 1 N–H and O–H groups in total. The van der Waals surface area contributed by atoms with E-state index in [9.17, 15) is 4.79 Å². The van der Waals surface area contributed by atoms with E-state index in [-0.39, 0.29) is 13.2 Å². The van der Waals surface area contributed by atoms with Crippen LogP contribution in [0.5, 0.6) is 0 Å². The van der Waals surface area contributed by atoms with Crippen molar-refractivity contribution in [1.29, 1.82) is 0 Å². The van der Waals surface area contributed by atoms with Crippen molar-refractivity contribution in [2.75, 3.05) is 13.2 Å². The molecule has 74 valence electrons. The number of halogens is 1. The molecule has 1 aromatic heterocycles. The Labute approximate surface area is 85.5 Å². The Morgan fingerprint density at radius 1 is 1.64 bits per heavy atom. The standard InChI is InChI=1S/C9H8ClNO3/c10-6-2-1-3-11-7(6)9(8(12)13)4-14-5-9/h1-3H,4-5H2,(H,12,13). The van der Waals surface area contributed by atoms with Gasteiger partial charge in [-0.05, 0) is 12.1 Å². The summed E-state index contributed by atoms with van der Waals surface area (Å²) in [7, 11) is 0. The Bertz CT molecular complexity index is 376. The number of carbonyl (C=O) groups is 1. The van der Waals surface area contributed by atoms with Gasteiger partial charge in [0.25, 0.3) is 0 Å². The third-order valence-corrected chi connectivity index (χ3v) is 2.62. The van der Waals surface area contributed by atoms with Gasteiger partial charge >= 0.3 is 5.97 Å². The number of pyridine rings is 1. The second-order valence-corrected chi connectivity index (χ2v) is 3.62. The Morgan fingerprint density at radius 3 is 2.79 bits per heavy atom. The highest BCUT2D eigenvalue weighted by atomic mass is 35.5. The lowest BCUT2D eigenvalue weighted by atomic mass is 9.82. The van der Waals surface area contributed by atoms with Gasteiger partial charge in [0.05, 0.1) is 23.9 Å². The quantitative estimate of drug-likeness (QED) is 0.799. The maximum Gasteiger partial charge on any atom is 0.320 e. The fourth-order valence-corrected chi connectivity index (χ4v) is 1.71. The maximum absolute atomic E-state index is 11.1. The molecule has 1 aliphatic heterocycles. The van der Waals surface area contributed by atoms with E-state index in [0.29, 0.717) is 10.7 Å². The van der Waals surface area contributed by atoms with Crippen molar-refractivity contribution >= 4 is 17.6 Å². The van der Waals surface area contributed by atoms with Gasteiger partial charge in [-0.3, -0.25) is 9.78 Å². The SMILES string of the molecule is O=C(O)C1(c2ncccc2Cl)COC1. The summed E-state index contributed by atoms with van der Waals surface area (Å²) in [5.74, 6) is -0.940. The second-order valence-electron chi connectivity index (χ2n) is 3.21. The topological polar surface area (TPSA) is 59.4 Å². The second kappa shape index (κ2) is 3.22. The van der Waals surface area contributed by atoms with Gasteiger partial charge in [0.1, 0.15) is 0 Å². The summed E-state index contributed by atoms with van der Waals surface area (Å²) in [5, 5.41) is 9.46. The van der Waals surface area contributed by atoms with Crippen LogP contribution >= 0.6 is 11.6 Å².